The van der Waals surface area contributed by atoms with Crippen molar-refractivity contribution in [1.82, 2.24) is 20.4 Å². The molecule has 4 N–H and O–H groups in total. The van der Waals surface area contributed by atoms with Crippen LogP contribution >= 0.6 is 0 Å². The fourth-order valence-electron chi connectivity index (χ4n) is 4.34. The Morgan fingerprint density at radius 2 is 1.76 bits per heavy atom. The molecular weight excluding hydrogens is 538 g/mol. The summed E-state index contributed by atoms with van der Waals surface area (Å²) in [5, 5.41) is 24.1. The lowest BCUT2D eigenvalue weighted by Gasteiger charge is -2.33. The van der Waals surface area contributed by atoms with Gasteiger partial charge in [0.25, 0.3) is 0 Å². The number of aromatic amines is 1. The number of carbonyl (C=O) groups excluding carboxylic acids is 2. The Morgan fingerprint density at radius 3 is 2.38 bits per heavy atom. The van der Waals surface area contributed by atoms with Gasteiger partial charge in [-0.05, 0) is 76.4 Å². The average Bonchev–Trinajstić information content (AvgIpc) is 3.46. The number of amides is 2. The van der Waals surface area contributed by atoms with E-state index in [1.807, 2.05) is 54.7 Å². The van der Waals surface area contributed by atoms with Crippen LogP contribution < -0.4 is 15.4 Å². The minimum atomic E-state index is -1.01. The van der Waals surface area contributed by atoms with Gasteiger partial charge in [-0.1, -0.05) is 24.3 Å². The Labute approximate surface area is 247 Å². The highest BCUT2D eigenvalue weighted by atomic mass is 16.6. The van der Waals surface area contributed by atoms with Crippen molar-refractivity contribution in [2.24, 2.45) is 0 Å². The number of nitrogens with zero attached hydrogens (tertiary/aromatic N) is 2. The zero-order valence-corrected chi connectivity index (χ0v) is 25.4. The molecule has 0 aliphatic carbocycles. The van der Waals surface area contributed by atoms with E-state index in [1.54, 1.807) is 55.0 Å². The van der Waals surface area contributed by atoms with E-state index < -0.39 is 35.5 Å². The van der Waals surface area contributed by atoms with E-state index in [1.165, 1.54) is 4.90 Å². The summed E-state index contributed by atoms with van der Waals surface area (Å²) in [5.74, 6) is 0.189. The molecule has 3 rings (SSSR count). The first-order valence-corrected chi connectivity index (χ1v) is 13.8. The summed E-state index contributed by atoms with van der Waals surface area (Å²) < 4.78 is 16.5. The number of aromatic nitrogens is 2. The average molecular weight is 582 g/mol. The molecular formula is C31H43N5O6. The minimum absolute atomic E-state index is 0.183. The summed E-state index contributed by atoms with van der Waals surface area (Å²) in [6, 6.07) is 15.1. The van der Waals surface area contributed by atoms with E-state index in [4.69, 9.17) is 14.2 Å². The lowest BCUT2D eigenvalue weighted by Crippen LogP contribution is -2.42. The van der Waals surface area contributed by atoms with Crippen molar-refractivity contribution in [3.05, 3.63) is 66.5 Å². The van der Waals surface area contributed by atoms with Crippen LogP contribution in [0.3, 0.4) is 0 Å². The minimum Gasteiger partial charge on any atom is -0.497 e. The van der Waals surface area contributed by atoms with Crippen molar-refractivity contribution in [2.75, 3.05) is 32.6 Å². The molecule has 0 aliphatic rings. The number of alkyl carbamates (subject to hydrolysis) is 1. The van der Waals surface area contributed by atoms with Gasteiger partial charge in [-0.25, -0.2) is 9.59 Å². The van der Waals surface area contributed by atoms with Gasteiger partial charge in [0.15, 0.2) is 0 Å². The molecule has 3 aromatic rings. The second-order valence-electron chi connectivity index (χ2n) is 11.7. The SMILES string of the molecule is COc1cccc([C@@H](CC(C)(C)OC(=O)NCCN(C)C(=O)OC(C)(C)C)[C@@H](O)Nc2ccc(-c3cn[nH]c3)cc2)c1. The first-order valence-electron chi connectivity index (χ1n) is 13.8. The number of carbonyl (C=O) groups is 2. The Morgan fingerprint density at radius 1 is 1.05 bits per heavy atom. The second kappa shape index (κ2) is 14.1. The molecule has 1 aromatic heterocycles. The van der Waals surface area contributed by atoms with Crippen LogP contribution in [-0.4, -0.2) is 77.1 Å². The highest BCUT2D eigenvalue weighted by Crippen LogP contribution is 2.34. The summed E-state index contributed by atoms with van der Waals surface area (Å²) in [5.41, 5.74) is 1.94. The number of aliphatic hydroxyl groups excluding tert-OH is 1. The maximum atomic E-state index is 12.7. The fraction of sp³-hybridized carbons (Fsp3) is 0.452. The lowest BCUT2D eigenvalue weighted by atomic mass is 9.86. The van der Waals surface area contributed by atoms with Crippen LogP contribution in [0.25, 0.3) is 11.1 Å². The first-order chi connectivity index (χ1) is 19.8. The predicted octanol–water partition coefficient (Wildman–Crippen LogP) is 5.36. The van der Waals surface area contributed by atoms with Crippen LogP contribution in [0.15, 0.2) is 60.9 Å². The van der Waals surface area contributed by atoms with Gasteiger partial charge in [-0.2, -0.15) is 5.10 Å². The van der Waals surface area contributed by atoms with E-state index in [-0.39, 0.29) is 13.1 Å². The van der Waals surface area contributed by atoms with Crippen molar-refractivity contribution < 1.29 is 28.9 Å². The molecule has 0 saturated carbocycles. The fourth-order valence-corrected chi connectivity index (χ4v) is 4.34. The molecule has 11 heteroatoms. The number of anilines is 1. The maximum absolute atomic E-state index is 12.7. The Balaban J connectivity index is 1.65. The summed E-state index contributed by atoms with van der Waals surface area (Å²) in [4.78, 5) is 26.2. The van der Waals surface area contributed by atoms with Crippen molar-refractivity contribution in [2.45, 2.75) is 64.4 Å². The van der Waals surface area contributed by atoms with Crippen LogP contribution in [0.4, 0.5) is 15.3 Å². The van der Waals surface area contributed by atoms with Crippen LogP contribution in [0.1, 0.15) is 52.5 Å². The number of H-pyrrole nitrogens is 1. The Bertz CT molecular complexity index is 1290. The van der Waals surface area contributed by atoms with Crippen LogP contribution in [0.5, 0.6) is 5.75 Å². The summed E-state index contributed by atoms with van der Waals surface area (Å²) in [6.07, 6.45) is 1.75. The number of hydrogen-bond donors (Lipinski definition) is 4. The normalized spacial score (nSPS) is 13.0. The quantitative estimate of drug-likeness (QED) is 0.210. The van der Waals surface area contributed by atoms with Gasteiger partial charge in [-0.3, -0.25) is 5.10 Å². The Hall–Kier alpha value is -4.25. The van der Waals surface area contributed by atoms with Gasteiger partial charge in [0, 0.05) is 43.5 Å². The van der Waals surface area contributed by atoms with E-state index >= 15 is 0 Å². The van der Waals surface area contributed by atoms with Crippen LogP contribution in [0.2, 0.25) is 0 Å². The molecule has 0 saturated heterocycles. The van der Waals surface area contributed by atoms with E-state index in [2.05, 4.69) is 20.8 Å². The van der Waals surface area contributed by atoms with Crippen molar-refractivity contribution in [3.8, 4) is 16.9 Å². The third kappa shape index (κ3) is 9.99. The van der Waals surface area contributed by atoms with Gasteiger partial charge >= 0.3 is 12.2 Å². The maximum Gasteiger partial charge on any atom is 0.410 e. The molecule has 11 nitrogen and oxygen atoms in total. The van der Waals surface area contributed by atoms with Crippen molar-refractivity contribution in [3.63, 3.8) is 0 Å². The smallest absolute Gasteiger partial charge is 0.410 e. The van der Waals surface area contributed by atoms with Gasteiger partial charge in [0.1, 0.15) is 23.2 Å². The first kappa shape index (κ1) is 32.3. The molecule has 0 unspecified atom stereocenters. The molecule has 1 heterocycles. The molecule has 228 valence electrons. The zero-order chi connectivity index (χ0) is 30.9. The molecule has 0 radical (unpaired) electrons. The molecule has 42 heavy (non-hydrogen) atoms. The van der Waals surface area contributed by atoms with Gasteiger partial charge in [0.2, 0.25) is 0 Å². The molecule has 2 atom stereocenters. The third-order valence-electron chi connectivity index (χ3n) is 6.44. The molecule has 2 aromatic carbocycles. The summed E-state index contributed by atoms with van der Waals surface area (Å²) in [6.45, 7) is 9.39. The molecule has 2 amide bonds. The lowest BCUT2D eigenvalue weighted by molar-refractivity contribution is 0.0139. The number of ether oxygens (including phenoxy) is 3. The molecule has 0 aliphatic heterocycles. The van der Waals surface area contributed by atoms with Crippen molar-refractivity contribution in [1.29, 1.82) is 0 Å². The van der Waals surface area contributed by atoms with Crippen LogP contribution in [0, 0.1) is 0 Å². The number of benzene rings is 2. The number of nitrogens with one attached hydrogen (secondary N) is 3. The summed E-state index contributed by atoms with van der Waals surface area (Å²) >= 11 is 0. The van der Waals surface area contributed by atoms with Crippen LogP contribution in [-0.2, 0) is 9.47 Å². The number of aliphatic hydroxyl groups is 1. The van der Waals surface area contributed by atoms with Gasteiger partial charge < -0.3 is 34.9 Å². The number of rotatable bonds is 12. The predicted molar refractivity (Wildman–Crippen MR) is 161 cm³/mol. The molecule has 0 fully saturated rings. The van der Waals surface area contributed by atoms with Gasteiger partial charge in [0.05, 0.1) is 13.3 Å². The monoisotopic (exact) mass is 581 g/mol. The summed E-state index contributed by atoms with van der Waals surface area (Å²) in [7, 11) is 3.19. The van der Waals surface area contributed by atoms with Gasteiger partial charge in [-0.15, -0.1) is 0 Å². The van der Waals surface area contributed by atoms with E-state index in [9.17, 15) is 14.7 Å². The van der Waals surface area contributed by atoms with Crippen molar-refractivity contribution >= 4 is 17.9 Å². The standard InChI is InChI=1S/C31H43N5O6/c1-30(2,3)42-29(39)36(6)16-15-32-28(38)41-31(4,5)18-26(22-9-8-10-25(17-22)40-7)27(37)35-24-13-11-21(12-14-24)23-19-33-34-20-23/h8-14,17,19-20,26-27,35,37H,15-16,18H2,1-7H3,(H,32,38)(H,33,34)/t26-,27-/m1/s1. The number of likely N-dealkylation sites (N-methyl/N-ethyl adjacent to an activating group) is 1. The number of hydrogen-bond acceptors (Lipinski definition) is 8. The topological polar surface area (TPSA) is 138 Å². The highest BCUT2D eigenvalue weighted by Gasteiger charge is 2.33. The van der Waals surface area contributed by atoms with E-state index in [0.717, 1.165) is 22.4 Å². The number of methoxy groups -OCH3 is 1. The highest BCUT2D eigenvalue weighted by molar-refractivity contribution is 5.69. The van der Waals surface area contributed by atoms with E-state index in [0.29, 0.717) is 12.2 Å². The Kier molecular flexibility index (Phi) is 10.8. The third-order valence-corrected chi connectivity index (χ3v) is 6.44. The zero-order valence-electron chi connectivity index (χ0n) is 25.4. The molecule has 0 bridgehead atoms. The second-order valence-corrected chi connectivity index (χ2v) is 11.7. The molecule has 0 spiro atoms. The largest absolute Gasteiger partial charge is 0.497 e.